The van der Waals surface area contributed by atoms with Gasteiger partial charge >= 0.3 is 0 Å². The minimum absolute atomic E-state index is 0.129. The lowest BCUT2D eigenvalue weighted by Gasteiger charge is -2.19. The third kappa shape index (κ3) is 1.84. The number of fused-ring (bicyclic) bond motifs is 2. The topological polar surface area (TPSA) is 56.7 Å². The molecule has 0 aliphatic heterocycles. The van der Waals surface area contributed by atoms with Crippen LogP contribution in [0.4, 0.5) is 5.82 Å². The van der Waals surface area contributed by atoms with Crippen LogP contribution in [0.5, 0.6) is 0 Å². The Morgan fingerprint density at radius 2 is 1.89 bits per heavy atom. The minimum atomic E-state index is 0.129. The van der Waals surface area contributed by atoms with E-state index in [0.29, 0.717) is 5.82 Å². The lowest BCUT2D eigenvalue weighted by Crippen LogP contribution is -2.10. The molecule has 4 heteroatoms. The molecule has 3 aromatic rings. The number of hydrogen-bond donors (Lipinski definition) is 1. The second-order valence-corrected chi connectivity index (χ2v) is 6.03. The molecule has 0 unspecified atom stereocenters. The lowest BCUT2D eigenvalue weighted by molar-refractivity contribution is 0.591. The normalized spacial score (nSPS) is 12.4. The fourth-order valence-corrected chi connectivity index (χ4v) is 2.33. The number of rotatable bonds is 0. The number of pyridine rings is 1. The highest BCUT2D eigenvalue weighted by Crippen LogP contribution is 2.28. The van der Waals surface area contributed by atoms with Gasteiger partial charge in [0.2, 0.25) is 0 Å². The number of nitrogens with zero attached hydrogens (tertiary/aromatic N) is 3. The van der Waals surface area contributed by atoms with Crippen LogP contribution in [0.15, 0.2) is 24.3 Å². The van der Waals surface area contributed by atoms with E-state index >= 15 is 0 Å². The Balaban J connectivity index is 2.34. The second kappa shape index (κ2) is 3.70. The maximum Gasteiger partial charge on any atom is 0.160 e. The predicted molar refractivity (Wildman–Crippen MR) is 79.1 cm³/mol. The molecule has 0 bridgehead atoms. The number of aromatic nitrogens is 3. The molecule has 0 amide bonds. The minimum Gasteiger partial charge on any atom is -0.382 e. The summed E-state index contributed by atoms with van der Waals surface area (Å²) in [7, 11) is 1.86. The average molecular weight is 254 g/mol. The fourth-order valence-electron chi connectivity index (χ4n) is 2.33. The number of benzene rings is 1. The summed E-state index contributed by atoms with van der Waals surface area (Å²) in [4.78, 5) is 4.64. The summed E-state index contributed by atoms with van der Waals surface area (Å²) in [5.74, 6) is 0.535. The molecule has 0 spiro atoms. The molecule has 1 aromatic carbocycles. The standard InChI is InChI=1S/C15H18N4/c1-15(2,3)10-5-6-12-9(7-10)8-11-13(16)18-19(4)14(11)17-12/h5-8H,1-4H3,(H2,16,18). The second-order valence-electron chi connectivity index (χ2n) is 6.03. The number of anilines is 1. The monoisotopic (exact) mass is 254 g/mol. The van der Waals surface area contributed by atoms with Crippen molar-refractivity contribution < 1.29 is 0 Å². The summed E-state index contributed by atoms with van der Waals surface area (Å²) >= 11 is 0. The van der Waals surface area contributed by atoms with E-state index in [0.717, 1.165) is 21.9 Å². The van der Waals surface area contributed by atoms with Crippen LogP contribution < -0.4 is 5.73 Å². The quantitative estimate of drug-likeness (QED) is 0.671. The Hall–Kier alpha value is -2.10. The van der Waals surface area contributed by atoms with E-state index in [1.807, 2.05) is 7.05 Å². The summed E-state index contributed by atoms with van der Waals surface area (Å²) in [6.45, 7) is 6.62. The highest BCUT2D eigenvalue weighted by molar-refractivity contribution is 5.96. The highest BCUT2D eigenvalue weighted by atomic mass is 15.3. The van der Waals surface area contributed by atoms with Gasteiger partial charge in [-0.2, -0.15) is 5.10 Å². The smallest absolute Gasteiger partial charge is 0.160 e. The summed E-state index contributed by atoms with van der Waals surface area (Å²) in [6.07, 6.45) is 0. The molecule has 0 atom stereocenters. The van der Waals surface area contributed by atoms with Gasteiger partial charge in [-0.3, -0.25) is 0 Å². The molecule has 3 rings (SSSR count). The van der Waals surface area contributed by atoms with E-state index in [2.05, 4.69) is 55.1 Å². The molecule has 0 aliphatic carbocycles. The number of hydrogen-bond acceptors (Lipinski definition) is 3. The van der Waals surface area contributed by atoms with Gasteiger partial charge in [-0.05, 0) is 29.2 Å². The Morgan fingerprint density at radius 3 is 2.58 bits per heavy atom. The molecule has 0 fully saturated rings. The van der Waals surface area contributed by atoms with Crippen LogP contribution in [0.3, 0.4) is 0 Å². The van der Waals surface area contributed by atoms with Crippen LogP contribution in [-0.4, -0.2) is 14.8 Å². The van der Waals surface area contributed by atoms with Crippen molar-refractivity contribution in [3.8, 4) is 0 Å². The van der Waals surface area contributed by atoms with Gasteiger partial charge in [0.15, 0.2) is 11.5 Å². The van der Waals surface area contributed by atoms with Gasteiger partial charge in [0.25, 0.3) is 0 Å². The Labute approximate surface area is 112 Å². The van der Waals surface area contributed by atoms with Gasteiger partial charge in [0.05, 0.1) is 10.9 Å². The van der Waals surface area contributed by atoms with E-state index < -0.39 is 0 Å². The number of nitrogen functional groups attached to an aromatic ring is 1. The summed E-state index contributed by atoms with van der Waals surface area (Å²) in [5.41, 5.74) is 9.15. The zero-order valence-electron chi connectivity index (χ0n) is 11.7. The van der Waals surface area contributed by atoms with Gasteiger partial charge in [-0.25, -0.2) is 9.67 Å². The number of aryl methyl sites for hydroxylation is 1. The zero-order valence-corrected chi connectivity index (χ0v) is 11.7. The zero-order chi connectivity index (χ0) is 13.8. The van der Waals surface area contributed by atoms with Crippen LogP contribution in [0.25, 0.3) is 21.9 Å². The molecule has 0 saturated heterocycles. The van der Waals surface area contributed by atoms with Crippen molar-refractivity contribution in [1.29, 1.82) is 0 Å². The Kier molecular flexibility index (Phi) is 2.33. The molecule has 19 heavy (non-hydrogen) atoms. The molecular weight excluding hydrogens is 236 g/mol. The molecule has 98 valence electrons. The molecule has 0 radical (unpaired) electrons. The Bertz CT molecular complexity index is 778. The fraction of sp³-hybridized carbons (Fsp3) is 0.333. The van der Waals surface area contributed by atoms with Gasteiger partial charge in [-0.1, -0.05) is 26.8 Å². The summed E-state index contributed by atoms with van der Waals surface area (Å²) in [6, 6.07) is 8.48. The average Bonchev–Trinajstić information content (AvgIpc) is 2.60. The van der Waals surface area contributed by atoms with Crippen molar-refractivity contribution >= 4 is 27.8 Å². The van der Waals surface area contributed by atoms with Crippen molar-refractivity contribution in [2.45, 2.75) is 26.2 Å². The van der Waals surface area contributed by atoms with Crippen LogP contribution >= 0.6 is 0 Å². The lowest BCUT2D eigenvalue weighted by atomic mass is 9.86. The first-order chi connectivity index (χ1) is 8.86. The van der Waals surface area contributed by atoms with Gasteiger partial charge in [0.1, 0.15) is 0 Å². The van der Waals surface area contributed by atoms with Crippen molar-refractivity contribution in [3.63, 3.8) is 0 Å². The molecule has 0 aliphatic rings. The largest absolute Gasteiger partial charge is 0.382 e. The maximum atomic E-state index is 5.92. The Morgan fingerprint density at radius 1 is 1.16 bits per heavy atom. The van der Waals surface area contributed by atoms with E-state index in [1.54, 1.807) is 4.68 Å². The third-order valence-corrected chi connectivity index (χ3v) is 3.50. The van der Waals surface area contributed by atoms with Gasteiger partial charge in [0, 0.05) is 12.4 Å². The first-order valence-electron chi connectivity index (χ1n) is 6.40. The number of nitrogens with two attached hydrogens (primary N) is 1. The van der Waals surface area contributed by atoms with Crippen molar-refractivity contribution in [2.24, 2.45) is 7.05 Å². The van der Waals surface area contributed by atoms with Crippen LogP contribution in [0, 0.1) is 0 Å². The first kappa shape index (κ1) is 12.0. The van der Waals surface area contributed by atoms with E-state index in [1.165, 1.54) is 5.56 Å². The molecule has 2 heterocycles. The van der Waals surface area contributed by atoms with E-state index in [9.17, 15) is 0 Å². The van der Waals surface area contributed by atoms with Crippen LogP contribution in [0.1, 0.15) is 26.3 Å². The molecule has 4 nitrogen and oxygen atoms in total. The third-order valence-electron chi connectivity index (χ3n) is 3.50. The maximum absolute atomic E-state index is 5.92. The molecule has 2 aromatic heterocycles. The van der Waals surface area contributed by atoms with Crippen molar-refractivity contribution in [1.82, 2.24) is 14.8 Å². The molecule has 2 N–H and O–H groups in total. The highest BCUT2D eigenvalue weighted by Gasteiger charge is 2.15. The molecular formula is C15H18N4. The van der Waals surface area contributed by atoms with Gasteiger partial charge in [-0.15, -0.1) is 0 Å². The van der Waals surface area contributed by atoms with Gasteiger partial charge < -0.3 is 5.73 Å². The van der Waals surface area contributed by atoms with Crippen molar-refractivity contribution in [3.05, 3.63) is 29.8 Å². The summed E-state index contributed by atoms with van der Waals surface area (Å²) in [5, 5.41) is 6.24. The SMILES string of the molecule is Cn1nc(N)c2cc3cc(C(C)(C)C)ccc3nc21. The van der Waals surface area contributed by atoms with E-state index in [-0.39, 0.29) is 5.41 Å². The first-order valence-corrected chi connectivity index (χ1v) is 6.40. The van der Waals surface area contributed by atoms with Crippen molar-refractivity contribution in [2.75, 3.05) is 5.73 Å². The predicted octanol–water partition coefficient (Wildman–Crippen LogP) is 3.00. The van der Waals surface area contributed by atoms with Crippen LogP contribution in [-0.2, 0) is 12.5 Å². The van der Waals surface area contributed by atoms with E-state index in [4.69, 9.17) is 5.73 Å². The molecule has 0 saturated carbocycles. The summed E-state index contributed by atoms with van der Waals surface area (Å²) < 4.78 is 1.72. The van der Waals surface area contributed by atoms with Crippen LogP contribution in [0.2, 0.25) is 0 Å².